The first kappa shape index (κ1) is 17.9. The van der Waals surface area contributed by atoms with Gasteiger partial charge in [0.2, 0.25) is 11.8 Å². The maximum absolute atomic E-state index is 11.6. The van der Waals surface area contributed by atoms with E-state index in [0.717, 1.165) is 13.0 Å². The molecule has 112 valence electrons. The van der Waals surface area contributed by atoms with Crippen molar-refractivity contribution in [1.29, 1.82) is 0 Å². The fourth-order valence-electron chi connectivity index (χ4n) is 1.45. The van der Waals surface area contributed by atoms with Gasteiger partial charge in [0.1, 0.15) is 6.04 Å². The molecule has 0 spiro atoms. The van der Waals surface area contributed by atoms with Crippen molar-refractivity contribution in [3.05, 3.63) is 0 Å². The molecule has 19 heavy (non-hydrogen) atoms. The number of carbonyl (C=O) groups is 2. The highest BCUT2D eigenvalue weighted by Crippen LogP contribution is 1.91. The highest BCUT2D eigenvalue weighted by atomic mass is 16.5. The first-order valence-electron chi connectivity index (χ1n) is 6.76. The van der Waals surface area contributed by atoms with E-state index in [2.05, 4.69) is 29.8 Å². The van der Waals surface area contributed by atoms with Gasteiger partial charge in [0.05, 0.1) is 6.61 Å². The molecular formula is C13H27N3O3. The molecule has 0 aromatic rings. The predicted molar refractivity (Wildman–Crippen MR) is 74.9 cm³/mol. The Bertz CT molecular complexity index is 270. The van der Waals surface area contributed by atoms with Crippen LogP contribution in [-0.4, -0.2) is 50.7 Å². The zero-order valence-corrected chi connectivity index (χ0v) is 12.4. The summed E-state index contributed by atoms with van der Waals surface area (Å²) in [6.45, 7) is 7.52. The van der Waals surface area contributed by atoms with Crippen molar-refractivity contribution in [2.75, 3.05) is 26.8 Å². The van der Waals surface area contributed by atoms with Gasteiger partial charge in [0.15, 0.2) is 0 Å². The normalized spacial score (nSPS) is 12.3. The summed E-state index contributed by atoms with van der Waals surface area (Å²) < 4.78 is 4.83. The van der Waals surface area contributed by atoms with Crippen LogP contribution in [-0.2, 0) is 14.3 Å². The van der Waals surface area contributed by atoms with E-state index in [1.54, 1.807) is 14.0 Å². The molecule has 0 fully saturated rings. The summed E-state index contributed by atoms with van der Waals surface area (Å²) >= 11 is 0. The molecule has 0 aliphatic heterocycles. The average Bonchev–Trinajstić information content (AvgIpc) is 2.34. The van der Waals surface area contributed by atoms with Crippen molar-refractivity contribution < 1.29 is 14.3 Å². The molecule has 0 radical (unpaired) electrons. The highest BCUT2D eigenvalue weighted by Gasteiger charge is 2.14. The molecule has 0 aliphatic rings. The van der Waals surface area contributed by atoms with Crippen molar-refractivity contribution in [2.45, 2.75) is 45.7 Å². The minimum Gasteiger partial charge on any atom is -0.383 e. The van der Waals surface area contributed by atoms with E-state index in [-0.39, 0.29) is 11.8 Å². The fraction of sp³-hybridized carbons (Fsp3) is 0.846. The van der Waals surface area contributed by atoms with Gasteiger partial charge in [-0.2, -0.15) is 0 Å². The summed E-state index contributed by atoms with van der Waals surface area (Å²) in [7, 11) is 1.57. The second kappa shape index (κ2) is 10.8. The average molecular weight is 273 g/mol. The first-order chi connectivity index (χ1) is 8.97. The van der Waals surface area contributed by atoms with Crippen LogP contribution in [0.15, 0.2) is 0 Å². The number of nitrogens with one attached hydrogen (secondary N) is 3. The van der Waals surface area contributed by atoms with Crippen LogP contribution in [0.4, 0.5) is 0 Å². The van der Waals surface area contributed by atoms with Crippen LogP contribution in [0, 0.1) is 0 Å². The minimum absolute atomic E-state index is 0.0973. The third-order valence-corrected chi connectivity index (χ3v) is 2.51. The quantitative estimate of drug-likeness (QED) is 0.491. The SMILES string of the molecule is COCCNC(=O)C(C)NC(=O)CCCNC(C)C. The second-order valence-electron chi connectivity index (χ2n) is 4.79. The lowest BCUT2D eigenvalue weighted by atomic mass is 10.2. The van der Waals surface area contributed by atoms with Crippen LogP contribution >= 0.6 is 0 Å². The summed E-state index contributed by atoms with van der Waals surface area (Å²) in [6, 6.07) is -0.0871. The van der Waals surface area contributed by atoms with Crippen LogP contribution in [0.1, 0.15) is 33.6 Å². The number of amides is 2. The Morgan fingerprint density at radius 2 is 1.84 bits per heavy atom. The fourth-order valence-corrected chi connectivity index (χ4v) is 1.45. The molecule has 0 saturated carbocycles. The minimum atomic E-state index is -0.512. The van der Waals surface area contributed by atoms with Gasteiger partial charge in [-0.05, 0) is 19.9 Å². The van der Waals surface area contributed by atoms with E-state index in [9.17, 15) is 9.59 Å². The molecule has 0 aliphatic carbocycles. The molecule has 1 unspecified atom stereocenters. The number of hydrogen-bond acceptors (Lipinski definition) is 4. The molecule has 0 aromatic heterocycles. The Balaban J connectivity index is 3.70. The van der Waals surface area contributed by atoms with Crippen molar-refractivity contribution >= 4 is 11.8 Å². The first-order valence-corrected chi connectivity index (χ1v) is 6.76. The van der Waals surface area contributed by atoms with Crippen LogP contribution < -0.4 is 16.0 Å². The van der Waals surface area contributed by atoms with Crippen LogP contribution in [0.3, 0.4) is 0 Å². The molecule has 0 rings (SSSR count). The molecule has 0 bridgehead atoms. The monoisotopic (exact) mass is 273 g/mol. The molecule has 0 aromatic carbocycles. The van der Waals surface area contributed by atoms with Gasteiger partial charge in [-0.1, -0.05) is 13.8 Å². The third kappa shape index (κ3) is 10.5. The van der Waals surface area contributed by atoms with Gasteiger partial charge in [0, 0.05) is 26.1 Å². The van der Waals surface area contributed by atoms with Gasteiger partial charge in [-0.25, -0.2) is 0 Å². The largest absolute Gasteiger partial charge is 0.383 e. The van der Waals surface area contributed by atoms with Crippen molar-refractivity contribution in [1.82, 2.24) is 16.0 Å². The summed E-state index contributed by atoms with van der Waals surface area (Å²) in [5, 5.41) is 8.59. The van der Waals surface area contributed by atoms with Gasteiger partial charge < -0.3 is 20.7 Å². The van der Waals surface area contributed by atoms with Crippen molar-refractivity contribution in [3.8, 4) is 0 Å². The lowest BCUT2D eigenvalue weighted by molar-refractivity contribution is -0.128. The van der Waals surface area contributed by atoms with E-state index < -0.39 is 6.04 Å². The molecule has 0 saturated heterocycles. The van der Waals surface area contributed by atoms with E-state index in [4.69, 9.17) is 4.74 Å². The van der Waals surface area contributed by atoms with E-state index in [0.29, 0.717) is 25.6 Å². The van der Waals surface area contributed by atoms with Gasteiger partial charge in [0.25, 0.3) is 0 Å². The predicted octanol–water partition coefficient (Wildman–Crippen LogP) is 0.0319. The Kier molecular flexibility index (Phi) is 10.1. The second-order valence-corrected chi connectivity index (χ2v) is 4.79. The van der Waals surface area contributed by atoms with Crippen LogP contribution in [0.2, 0.25) is 0 Å². The number of ether oxygens (including phenoxy) is 1. The van der Waals surface area contributed by atoms with Crippen molar-refractivity contribution in [2.24, 2.45) is 0 Å². The lowest BCUT2D eigenvalue weighted by Crippen LogP contribution is -2.45. The van der Waals surface area contributed by atoms with Gasteiger partial charge in [-0.15, -0.1) is 0 Å². The molecule has 0 heterocycles. The summed E-state index contributed by atoms with van der Waals surface area (Å²) in [6.07, 6.45) is 1.19. The Labute approximate surface area is 115 Å². The summed E-state index contributed by atoms with van der Waals surface area (Å²) in [4.78, 5) is 23.2. The van der Waals surface area contributed by atoms with Crippen LogP contribution in [0.25, 0.3) is 0 Å². The smallest absolute Gasteiger partial charge is 0.242 e. The lowest BCUT2D eigenvalue weighted by Gasteiger charge is -2.14. The maximum Gasteiger partial charge on any atom is 0.242 e. The van der Waals surface area contributed by atoms with Gasteiger partial charge in [-0.3, -0.25) is 9.59 Å². The van der Waals surface area contributed by atoms with Gasteiger partial charge >= 0.3 is 0 Å². The Hall–Kier alpha value is -1.14. The molecule has 6 heteroatoms. The maximum atomic E-state index is 11.6. The van der Waals surface area contributed by atoms with Crippen molar-refractivity contribution in [3.63, 3.8) is 0 Å². The zero-order valence-electron chi connectivity index (χ0n) is 12.4. The van der Waals surface area contributed by atoms with E-state index in [1.165, 1.54) is 0 Å². The highest BCUT2D eigenvalue weighted by molar-refractivity contribution is 5.87. The molecule has 3 N–H and O–H groups in total. The molecule has 6 nitrogen and oxygen atoms in total. The number of rotatable bonds is 10. The van der Waals surface area contributed by atoms with E-state index >= 15 is 0 Å². The summed E-state index contributed by atoms with van der Waals surface area (Å²) in [5.74, 6) is -0.286. The summed E-state index contributed by atoms with van der Waals surface area (Å²) in [5.41, 5.74) is 0. The molecule has 1 atom stereocenters. The Morgan fingerprint density at radius 1 is 1.16 bits per heavy atom. The number of carbonyl (C=O) groups excluding carboxylic acids is 2. The standard InChI is InChI=1S/C13H27N3O3/c1-10(2)14-7-5-6-12(17)16-11(3)13(18)15-8-9-19-4/h10-11,14H,5-9H2,1-4H3,(H,15,18)(H,16,17). The number of methoxy groups -OCH3 is 1. The molecular weight excluding hydrogens is 246 g/mol. The van der Waals surface area contributed by atoms with Crippen LogP contribution in [0.5, 0.6) is 0 Å². The van der Waals surface area contributed by atoms with E-state index in [1.807, 2.05) is 0 Å². The Morgan fingerprint density at radius 3 is 2.42 bits per heavy atom. The molecule has 2 amide bonds. The number of hydrogen-bond donors (Lipinski definition) is 3. The topological polar surface area (TPSA) is 79.5 Å². The zero-order chi connectivity index (χ0) is 14.7. The third-order valence-electron chi connectivity index (χ3n) is 2.51.